The number of ketones is 1. The summed E-state index contributed by atoms with van der Waals surface area (Å²) in [5.74, 6) is -0.576. The Bertz CT molecular complexity index is 804. The lowest BCUT2D eigenvalue weighted by Gasteiger charge is -2.37. The van der Waals surface area contributed by atoms with Crippen LogP contribution in [0.3, 0.4) is 0 Å². The number of hydrogen-bond acceptors (Lipinski definition) is 4. The molecule has 1 amide bonds. The fourth-order valence-electron chi connectivity index (χ4n) is 3.33. The van der Waals surface area contributed by atoms with E-state index in [9.17, 15) is 14.0 Å². The monoisotopic (exact) mass is 358 g/mol. The highest BCUT2D eigenvalue weighted by atomic mass is 19.1. The highest BCUT2D eigenvalue weighted by molar-refractivity contribution is 5.97. The van der Waals surface area contributed by atoms with Crippen LogP contribution in [-0.4, -0.2) is 57.9 Å². The Balaban J connectivity index is 1.65. The van der Waals surface area contributed by atoms with E-state index < -0.39 is 0 Å². The first-order valence-electron chi connectivity index (χ1n) is 8.75. The molecule has 7 heteroatoms. The van der Waals surface area contributed by atoms with Gasteiger partial charge in [0.15, 0.2) is 5.78 Å². The lowest BCUT2D eigenvalue weighted by molar-refractivity contribution is 0.0602. The largest absolute Gasteiger partial charge is 0.336 e. The molecule has 0 bridgehead atoms. The molecule has 6 nitrogen and oxygen atoms in total. The molecule has 1 N–H and O–H groups in total. The zero-order chi connectivity index (χ0) is 18.7. The zero-order valence-corrected chi connectivity index (χ0v) is 15.0. The third-order valence-electron chi connectivity index (χ3n) is 4.87. The van der Waals surface area contributed by atoms with Crippen LogP contribution >= 0.6 is 0 Å². The summed E-state index contributed by atoms with van der Waals surface area (Å²) in [5.41, 5.74) is 1.23. The third-order valence-corrected chi connectivity index (χ3v) is 4.87. The number of likely N-dealkylation sites (tertiary alicyclic amines) is 1. The maximum absolute atomic E-state index is 13.9. The van der Waals surface area contributed by atoms with Gasteiger partial charge in [-0.3, -0.25) is 19.6 Å². The van der Waals surface area contributed by atoms with Gasteiger partial charge < -0.3 is 4.90 Å². The van der Waals surface area contributed by atoms with Gasteiger partial charge in [-0.25, -0.2) is 4.39 Å². The van der Waals surface area contributed by atoms with Gasteiger partial charge in [-0.1, -0.05) is 18.2 Å². The molecule has 0 aliphatic carbocycles. The van der Waals surface area contributed by atoms with E-state index in [4.69, 9.17) is 0 Å². The number of nitrogens with one attached hydrogen (secondary N) is 1. The number of Topliss-reactive ketones (excluding diaryl/α,β-unsaturated/α-hetero) is 1. The number of piperidine rings is 1. The lowest BCUT2D eigenvalue weighted by atomic mass is 10.0. The summed E-state index contributed by atoms with van der Waals surface area (Å²) in [6.07, 6.45) is 1.84. The van der Waals surface area contributed by atoms with Gasteiger partial charge in [0.2, 0.25) is 0 Å². The van der Waals surface area contributed by atoms with Gasteiger partial charge in [-0.2, -0.15) is 5.10 Å². The first-order chi connectivity index (χ1) is 12.5. The van der Waals surface area contributed by atoms with Gasteiger partial charge in [0.05, 0.1) is 0 Å². The maximum Gasteiger partial charge on any atom is 0.271 e. The van der Waals surface area contributed by atoms with Gasteiger partial charge in [0.1, 0.15) is 17.2 Å². The van der Waals surface area contributed by atoms with E-state index in [2.05, 4.69) is 15.1 Å². The molecule has 1 aliphatic heterocycles. The summed E-state index contributed by atoms with van der Waals surface area (Å²) in [5, 5.41) is 6.51. The van der Waals surface area contributed by atoms with Crippen molar-refractivity contribution in [2.75, 3.05) is 20.1 Å². The van der Waals surface area contributed by atoms with Crippen molar-refractivity contribution in [3.63, 3.8) is 0 Å². The van der Waals surface area contributed by atoms with Gasteiger partial charge in [-0.15, -0.1) is 0 Å². The number of carbonyl (C=O) groups is 2. The molecule has 2 heterocycles. The molecule has 1 fully saturated rings. The second-order valence-corrected chi connectivity index (χ2v) is 6.76. The molecule has 0 saturated carbocycles. The third kappa shape index (κ3) is 3.99. The van der Waals surface area contributed by atoms with Crippen LogP contribution in [0.4, 0.5) is 4.39 Å². The number of likely N-dealkylation sites (N-methyl/N-ethyl adjacent to an activating group) is 1. The minimum atomic E-state index is -0.201. The van der Waals surface area contributed by atoms with Crippen LogP contribution in [0, 0.1) is 5.82 Å². The lowest BCUT2D eigenvalue weighted by Crippen LogP contribution is -2.48. The van der Waals surface area contributed by atoms with E-state index in [1.54, 1.807) is 24.1 Å². The molecule has 2 aromatic rings. The Morgan fingerprint density at radius 3 is 2.85 bits per heavy atom. The number of aromatic nitrogens is 2. The maximum atomic E-state index is 13.9. The van der Waals surface area contributed by atoms with E-state index in [1.165, 1.54) is 19.1 Å². The molecule has 1 aromatic carbocycles. The van der Waals surface area contributed by atoms with Gasteiger partial charge in [0, 0.05) is 38.7 Å². The standard InChI is InChI=1S/C19H23FN4O2/c1-13(25)17-10-18(22-21-17)19(26)23(2)15-7-5-9-24(12-15)11-14-6-3-4-8-16(14)20/h3-4,6,8,10,15H,5,7,9,11-12H2,1-2H3,(H,21,22). The van der Waals surface area contributed by atoms with Crippen molar-refractivity contribution in [2.45, 2.75) is 32.4 Å². The van der Waals surface area contributed by atoms with Crippen LogP contribution in [0.1, 0.15) is 46.3 Å². The Morgan fingerprint density at radius 2 is 2.15 bits per heavy atom. The van der Waals surface area contributed by atoms with E-state index >= 15 is 0 Å². The molecule has 0 radical (unpaired) electrons. The van der Waals surface area contributed by atoms with Crippen molar-refractivity contribution >= 4 is 11.7 Å². The van der Waals surface area contributed by atoms with Gasteiger partial charge in [0.25, 0.3) is 5.91 Å². The fraction of sp³-hybridized carbons (Fsp3) is 0.421. The Morgan fingerprint density at radius 1 is 1.38 bits per heavy atom. The number of amides is 1. The second-order valence-electron chi connectivity index (χ2n) is 6.76. The molecule has 1 aromatic heterocycles. The highest BCUT2D eigenvalue weighted by Crippen LogP contribution is 2.19. The Labute approximate surface area is 152 Å². The quantitative estimate of drug-likeness (QED) is 0.834. The zero-order valence-electron chi connectivity index (χ0n) is 15.0. The SMILES string of the molecule is CC(=O)c1cc(C(=O)N(C)C2CCCN(Cc3ccccc3F)C2)[nH]n1. The second kappa shape index (κ2) is 7.78. The summed E-state index contributed by atoms with van der Waals surface area (Å²) >= 11 is 0. The minimum absolute atomic E-state index is 0.0344. The average molecular weight is 358 g/mol. The van der Waals surface area contributed by atoms with Crippen LogP contribution in [0.15, 0.2) is 30.3 Å². The van der Waals surface area contributed by atoms with Crippen molar-refractivity contribution in [1.29, 1.82) is 0 Å². The summed E-state index contributed by atoms with van der Waals surface area (Å²) in [7, 11) is 1.76. The Hall–Kier alpha value is -2.54. The van der Waals surface area contributed by atoms with Crippen LogP contribution in [0.5, 0.6) is 0 Å². The molecular weight excluding hydrogens is 335 g/mol. The normalized spacial score (nSPS) is 17.9. The number of hydrogen-bond donors (Lipinski definition) is 1. The van der Waals surface area contributed by atoms with Crippen molar-refractivity contribution in [2.24, 2.45) is 0 Å². The van der Waals surface area contributed by atoms with Crippen molar-refractivity contribution in [1.82, 2.24) is 20.0 Å². The summed E-state index contributed by atoms with van der Waals surface area (Å²) < 4.78 is 13.9. The summed E-state index contributed by atoms with van der Waals surface area (Å²) in [6, 6.07) is 8.30. The van der Waals surface area contributed by atoms with Crippen LogP contribution < -0.4 is 0 Å². The molecule has 3 rings (SSSR count). The van der Waals surface area contributed by atoms with Crippen molar-refractivity contribution in [3.05, 3.63) is 53.1 Å². The van der Waals surface area contributed by atoms with E-state index in [1.807, 2.05) is 6.07 Å². The molecular formula is C19H23FN4O2. The Kier molecular flexibility index (Phi) is 5.46. The van der Waals surface area contributed by atoms with Crippen LogP contribution in [0.25, 0.3) is 0 Å². The fourth-order valence-corrected chi connectivity index (χ4v) is 3.33. The van der Waals surface area contributed by atoms with Crippen molar-refractivity contribution < 1.29 is 14.0 Å². The number of rotatable bonds is 5. The molecule has 0 spiro atoms. The molecule has 1 unspecified atom stereocenters. The first-order valence-corrected chi connectivity index (χ1v) is 8.75. The highest BCUT2D eigenvalue weighted by Gasteiger charge is 2.28. The predicted molar refractivity (Wildman–Crippen MR) is 95.4 cm³/mol. The minimum Gasteiger partial charge on any atom is -0.336 e. The van der Waals surface area contributed by atoms with E-state index in [0.29, 0.717) is 24.3 Å². The summed E-state index contributed by atoms with van der Waals surface area (Å²) in [4.78, 5) is 27.9. The van der Waals surface area contributed by atoms with Crippen LogP contribution in [0.2, 0.25) is 0 Å². The number of carbonyl (C=O) groups excluding carboxylic acids is 2. The number of aromatic amines is 1. The van der Waals surface area contributed by atoms with Crippen LogP contribution in [-0.2, 0) is 6.54 Å². The van der Waals surface area contributed by atoms with Gasteiger partial charge in [-0.05, 0) is 31.5 Å². The predicted octanol–water partition coefficient (Wildman–Crippen LogP) is 2.49. The summed E-state index contributed by atoms with van der Waals surface area (Å²) in [6.45, 7) is 3.51. The average Bonchev–Trinajstić information content (AvgIpc) is 3.13. The smallest absolute Gasteiger partial charge is 0.271 e. The van der Waals surface area contributed by atoms with E-state index in [0.717, 1.165) is 19.4 Å². The number of H-pyrrole nitrogens is 1. The molecule has 1 saturated heterocycles. The number of benzene rings is 1. The van der Waals surface area contributed by atoms with Crippen molar-refractivity contribution in [3.8, 4) is 0 Å². The number of nitrogens with zero attached hydrogens (tertiary/aromatic N) is 3. The molecule has 1 atom stereocenters. The molecule has 138 valence electrons. The first kappa shape index (κ1) is 18.3. The molecule has 26 heavy (non-hydrogen) atoms. The van der Waals surface area contributed by atoms with Gasteiger partial charge >= 0.3 is 0 Å². The topological polar surface area (TPSA) is 69.3 Å². The number of halogens is 1. The van der Waals surface area contributed by atoms with E-state index in [-0.39, 0.29) is 29.2 Å². The molecule has 1 aliphatic rings.